The summed E-state index contributed by atoms with van der Waals surface area (Å²) in [5.74, 6) is 1.22. The lowest BCUT2D eigenvalue weighted by atomic mass is 10.0. The highest BCUT2D eigenvalue weighted by molar-refractivity contribution is 8.68. The molecule has 0 aromatic carbocycles. The van der Waals surface area contributed by atoms with E-state index in [1.807, 2.05) is 5.38 Å². The van der Waals surface area contributed by atoms with Crippen LogP contribution in [0.5, 0.6) is 0 Å². The van der Waals surface area contributed by atoms with E-state index in [-0.39, 0.29) is 0 Å². The van der Waals surface area contributed by atoms with Crippen molar-refractivity contribution in [2.24, 2.45) is 0 Å². The third kappa shape index (κ3) is 24.3. The van der Waals surface area contributed by atoms with Gasteiger partial charge in [0.1, 0.15) is 0 Å². The standard InChI is InChI=1S/C18H38S2.C2H2N2S/c1-2-3-4-5-6-7-8-9-10-11-12-13-14-15-16-17-18-20-19;1-2-5-4-3-1/h19H,2-18H2,1H3;1-2H. The maximum Gasteiger partial charge on any atom is 0.0620 e. The van der Waals surface area contributed by atoms with Crippen molar-refractivity contribution in [1.29, 1.82) is 0 Å². The molecular formula is C20H40N2S3. The third-order valence-electron chi connectivity index (χ3n) is 4.37. The Morgan fingerprint density at radius 1 is 0.720 bits per heavy atom. The van der Waals surface area contributed by atoms with Crippen LogP contribution in [0.2, 0.25) is 0 Å². The molecule has 0 saturated heterocycles. The van der Waals surface area contributed by atoms with Crippen LogP contribution in [-0.4, -0.2) is 15.3 Å². The van der Waals surface area contributed by atoms with Crippen LogP contribution >= 0.6 is 34.0 Å². The van der Waals surface area contributed by atoms with E-state index in [2.05, 4.69) is 28.2 Å². The van der Waals surface area contributed by atoms with Crippen LogP contribution in [0, 0.1) is 0 Å². The number of hydrogen-bond donors (Lipinski definition) is 1. The van der Waals surface area contributed by atoms with Crippen molar-refractivity contribution in [3.63, 3.8) is 0 Å². The van der Waals surface area contributed by atoms with Gasteiger partial charge in [-0.25, -0.2) is 0 Å². The molecule has 1 rings (SSSR count). The quantitative estimate of drug-likeness (QED) is 0.160. The van der Waals surface area contributed by atoms with Crippen LogP contribution in [0.3, 0.4) is 0 Å². The molecule has 0 bridgehead atoms. The Balaban J connectivity index is 0.000000972. The molecule has 0 aliphatic rings. The van der Waals surface area contributed by atoms with E-state index in [1.165, 1.54) is 120 Å². The third-order valence-corrected chi connectivity index (χ3v) is 5.82. The molecule has 0 amide bonds. The van der Waals surface area contributed by atoms with E-state index >= 15 is 0 Å². The summed E-state index contributed by atoms with van der Waals surface area (Å²) in [6.45, 7) is 2.29. The fourth-order valence-corrected chi connectivity index (χ4v) is 3.84. The summed E-state index contributed by atoms with van der Waals surface area (Å²) in [6.07, 6.45) is 24.8. The monoisotopic (exact) mass is 404 g/mol. The average molecular weight is 405 g/mol. The summed E-state index contributed by atoms with van der Waals surface area (Å²) in [5.41, 5.74) is 0. The minimum atomic E-state index is 1.22. The minimum absolute atomic E-state index is 1.22. The van der Waals surface area contributed by atoms with E-state index < -0.39 is 0 Å². The Bertz CT molecular complexity index is 273. The summed E-state index contributed by atoms with van der Waals surface area (Å²) in [4.78, 5) is 0. The Kier molecular flexibility index (Phi) is 24.5. The lowest BCUT2D eigenvalue weighted by Crippen LogP contribution is -1.84. The number of thiol groups is 1. The maximum absolute atomic E-state index is 4.16. The summed E-state index contributed by atoms with van der Waals surface area (Å²) >= 11 is 5.52. The number of aromatic nitrogens is 2. The lowest BCUT2D eigenvalue weighted by Gasteiger charge is -2.03. The first-order chi connectivity index (χ1) is 12.4. The molecule has 0 saturated carbocycles. The van der Waals surface area contributed by atoms with Gasteiger partial charge in [-0.05, 0) is 18.0 Å². The largest absolute Gasteiger partial charge is 0.147 e. The van der Waals surface area contributed by atoms with Crippen molar-refractivity contribution in [3.05, 3.63) is 11.6 Å². The van der Waals surface area contributed by atoms with Crippen molar-refractivity contribution in [2.75, 3.05) is 5.75 Å². The molecule has 1 aromatic rings. The molecule has 1 heterocycles. The van der Waals surface area contributed by atoms with Crippen LogP contribution in [0.1, 0.15) is 110 Å². The number of hydrogen-bond acceptors (Lipinski definition) is 5. The first kappa shape index (κ1) is 25.3. The van der Waals surface area contributed by atoms with E-state index in [4.69, 9.17) is 0 Å². The van der Waals surface area contributed by atoms with Crippen LogP contribution in [0.15, 0.2) is 11.6 Å². The minimum Gasteiger partial charge on any atom is -0.147 e. The zero-order valence-corrected chi connectivity index (χ0v) is 18.9. The molecule has 0 aliphatic carbocycles. The predicted octanol–water partition coefficient (Wildman–Crippen LogP) is 8.36. The zero-order chi connectivity index (χ0) is 18.3. The molecule has 25 heavy (non-hydrogen) atoms. The van der Waals surface area contributed by atoms with Crippen LogP contribution in [0.25, 0.3) is 0 Å². The molecule has 0 aliphatic heterocycles. The Morgan fingerprint density at radius 3 is 1.44 bits per heavy atom. The molecular weight excluding hydrogens is 364 g/mol. The van der Waals surface area contributed by atoms with Gasteiger partial charge in [0.15, 0.2) is 0 Å². The second-order valence-electron chi connectivity index (χ2n) is 6.72. The highest BCUT2D eigenvalue weighted by Crippen LogP contribution is 2.14. The Morgan fingerprint density at radius 2 is 1.16 bits per heavy atom. The normalized spacial score (nSPS) is 10.5. The van der Waals surface area contributed by atoms with E-state index in [0.717, 1.165) is 0 Å². The topological polar surface area (TPSA) is 25.8 Å². The molecule has 2 nitrogen and oxygen atoms in total. The van der Waals surface area contributed by atoms with Gasteiger partial charge in [-0.1, -0.05) is 119 Å². The SMILES string of the molecule is CCCCCCCCCCCCCCCCCCSS.c1csnn1. The van der Waals surface area contributed by atoms with Gasteiger partial charge in [0.2, 0.25) is 0 Å². The van der Waals surface area contributed by atoms with Gasteiger partial charge in [-0.15, -0.1) is 16.8 Å². The fraction of sp³-hybridized carbons (Fsp3) is 0.900. The summed E-state index contributed by atoms with van der Waals surface area (Å²) in [5, 5.41) is 5.31. The van der Waals surface area contributed by atoms with Gasteiger partial charge in [-0.3, -0.25) is 0 Å². The van der Waals surface area contributed by atoms with Crippen LogP contribution in [-0.2, 0) is 0 Å². The molecule has 0 atom stereocenters. The first-order valence-electron chi connectivity index (χ1n) is 10.4. The molecule has 0 N–H and O–H groups in total. The second kappa shape index (κ2) is 24.3. The number of rotatable bonds is 17. The van der Waals surface area contributed by atoms with Gasteiger partial charge in [0.25, 0.3) is 0 Å². The smallest absolute Gasteiger partial charge is 0.0620 e. The summed E-state index contributed by atoms with van der Waals surface area (Å²) in [7, 11) is 1.68. The molecule has 0 spiro atoms. The molecule has 1 aromatic heterocycles. The van der Waals surface area contributed by atoms with Crippen molar-refractivity contribution in [2.45, 2.75) is 110 Å². The van der Waals surface area contributed by atoms with E-state index in [0.29, 0.717) is 0 Å². The highest BCUT2D eigenvalue weighted by atomic mass is 33.1. The van der Waals surface area contributed by atoms with Crippen molar-refractivity contribution < 1.29 is 0 Å². The van der Waals surface area contributed by atoms with Gasteiger partial charge in [0, 0.05) is 11.1 Å². The fourth-order valence-electron chi connectivity index (χ4n) is 2.85. The average Bonchev–Trinajstić information content (AvgIpc) is 3.21. The molecule has 0 radical (unpaired) electrons. The van der Waals surface area contributed by atoms with Crippen molar-refractivity contribution in [1.82, 2.24) is 9.59 Å². The lowest BCUT2D eigenvalue weighted by molar-refractivity contribution is 0.532. The van der Waals surface area contributed by atoms with Gasteiger partial charge in [-0.2, -0.15) is 0 Å². The maximum atomic E-state index is 4.16. The summed E-state index contributed by atoms with van der Waals surface area (Å²) < 4.78 is 3.51. The van der Waals surface area contributed by atoms with E-state index in [1.54, 1.807) is 17.0 Å². The molecule has 148 valence electrons. The molecule has 0 fully saturated rings. The van der Waals surface area contributed by atoms with Gasteiger partial charge in [0.05, 0.1) is 6.20 Å². The second-order valence-corrected chi connectivity index (χ2v) is 8.81. The highest BCUT2D eigenvalue weighted by Gasteiger charge is 1.94. The van der Waals surface area contributed by atoms with Crippen molar-refractivity contribution in [3.8, 4) is 0 Å². The zero-order valence-electron chi connectivity index (χ0n) is 16.3. The number of unbranched alkanes of at least 4 members (excludes halogenated alkanes) is 15. The molecule has 5 heteroatoms. The van der Waals surface area contributed by atoms with E-state index in [9.17, 15) is 0 Å². The molecule has 0 unspecified atom stereocenters. The number of nitrogens with zero attached hydrogens (tertiary/aromatic N) is 2. The predicted molar refractivity (Wildman–Crippen MR) is 121 cm³/mol. The Hall–Kier alpha value is 0.260. The van der Waals surface area contributed by atoms with Crippen molar-refractivity contribution >= 4 is 34.0 Å². The van der Waals surface area contributed by atoms with Crippen LogP contribution < -0.4 is 0 Å². The summed E-state index contributed by atoms with van der Waals surface area (Å²) in [6, 6.07) is 0. The van der Waals surface area contributed by atoms with Crippen LogP contribution in [0.4, 0.5) is 0 Å². The van der Waals surface area contributed by atoms with Gasteiger partial charge >= 0.3 is 0 Å². The Labute approximate surface area is 170 Å². The van der Waals surface area contributed by atoms with Gasteiger partial charge < -0.3 is 0 Å². The first-order valence-corrected chi connectivity index (χ1v) is 13.3.